The fourth-order valence-corrected chi connectivity index (χ4v) is 0.303. The number of carbonyl (C=O) groups is 1. The van der Waals surface area contributed by atoms with E-state index < -0.39 is 18.2 Å². The fraction of sp³-hybridized carbons (Fsp3) is 0.800. The van der Waals surface area contributed by atoms with Crippen LogP contribution < -0.4 is 5.73 Å². The van der Waals surface area contributed by atoms with Crippen LogP contribution in [0.1, 0.15) is 13.3 Å². The molecule has 0 saturated carbocycles. The van der Waals surface area contributed by atoms with E-state index >= 15 is 0 Å². The first-order chi connectivity index (χ1) is 4.00. The van der Waals surface area contributed by atoms with Gasteiger partial charge in [0, 0.05) is 6.42 Å². The minimum absolute atomic E-state index is 0.137. The molecule has 9 heavy (non-hydrogen) atoms. The third-order valence-corrected chi connectivity index (χ3v) is 1.10. The van der Waals surface area contributed by atoms with Gasteiger partial charge in [-0.1, -0.05) is 0 Å². The molecule has 0 aliphatic heterocycles. The molecule has 0 aliphatic rings. The molecule has 54 valence electrons. The first-order valence-electron chi connectivity index (χ1n) is 2.59. The number of carboxylic acids is 1. The lowest BCUT2D eigenvalue weighted by Crippen LogP contribution is -2.45. The van der Waals surface area contributed by atoms with E-state index in [1.54, 1.807) is 0 Å². The molecule has 0 rings (SSSR count). The highest BCUT2D eigenvalue weighted by molar-refractivity contribution is 5.77. The molecule has 1 atom stereocenters. The summed E-state index contributed by atoms with van der Waals surface area (Å²) in [6.07, 6.45) is -0.137. The second-order valence-corrected chi connectivity index (χ2v) is 2.16. The Kier molecular flexibility index (Phi) is 2.58. The number of rotatable bonds is 3. The molecule has 0 heterocycles. The van der Waals surface area contributed by atoms with Crippen molar-refractivity contribution in [3.63, 3.8) is 0 Å². The van der Waals surface area contributed by atoms with Crippen LogP contribution in [0.3, 0.4) is 0 Å². The van der Waals surface area contributed by atoms with Crippen LogP contribution in [0.2, 0.25) is 0 Å². The summed E-state index contributed by atoms with van der Waals surface area (Å²) in [4.78, 5) is 10.1. The lowest BCUT2D eigenvalue weighted by atomic mass is 10.0. The predicted octanol–water partition coefficient (Wildman–Crippen LogP) is 0.148. The Morgan fingerprint density at radius 3 is 2.44 bits per heavy atom. The van der Waals surface area contributed by atoms with Crippen molar-refractivity contribution in [1.29, 1.82) is 0 Å². The van der Waals surface area contributed by atoms with Crippen molar-refractivity contribution in [1.82, 2.24) is 0 Å². The largest absolute Gasteiger partial charge is 0.480 e. The van der Waals surface area contributed by atoms with Crippen molar-refractivity contribution < 1.29 is 14.3 Å². The third kappa shape index (κ3) is 2.41. The van der Waals surface area contributed by atoms with E-state index in [4.69, 9.17) is 10.8 Å². The highest BCUT2D eigenvalue weighted by Crippen LogP contribution is 2.04. The highest BCUT2D eigenvalue weighted by atomic mass is 19.1. The smallest absolute Gasteiger partial charge is 0.323 e. The number of hydrogen-bond donors (Lipinski definition) is 2. The maximum absolute atomic E-state index is 11.5. The molecule has 0 saturated heterocycles. The van der Waals surface area contributed by atoms with Gasteiger partial charge in [0.25, 0.3) is 0 Å². The number of nitrogens with two attached hydrogens (primary N) is 1. The third-order valence-electron chi connectivity index (χ3n) is 1.10. The van der Waals surface area contributed by atoms with Crippen molar-refractivity contribution in [3.8, 4) is 0 Å². The zero-order valence-electron chi connectivity index (χ0n) is 5.22. The SMILES string of the molecule is CC(N)(CCF)C(=O)O. The fourth-order valence-electron chi connectivity index (χ4n) is 0.303. The summed E-state index contributed by atoms with van der Waals surface area (Å²) in [7, 11) is 0. The summed E-state index contributed by atoms with van der Waals surface area (Å²) >= 11 is 0. The van der Waals surface area contributed by atoms with E-state index in [2.05, 4.69) is 0 Å². The van der Waals surface area contributed by atoms with Crippen molar-refractivity contribution in [2.24, 2.45) is 5.73 Å². The van der Waals surface area contributed by atoms with Crippen LogP contribution in [-0.2, 0) is 4.79 Å². The van der Waals surface area contributed by atoms with Gasteiger partial charge in [0.1, 0.15) is 5.54 Å². The Morgan fingerprint density at radius 2 is 2.33 bits per heavy atom. The van der Waals surface area contributed by atoms with E-state index in [0.717, 1.165) is 0 Å². The molecule has 0 bridgehead atoms. The molecule has 0 aromatic carbocycles. The zero-order valence-corrected chi connectivity index (χ0v) is 5.22. The van der Waals surface area contributed by atoms with Crippen LogP contribution >= 0.6 is 0 Å². The van der Waals surface area contributed by atoms with Gasteiger partial charge in [-0.15, -0.1) is 0 Å². The monoisotopic (exact) mass is 135 g/mol. The van der Waals surface area contributed by atoms with Gasteiger partial charge >= 0.3 is 5.97 Å². The van der Waals surface area contributed by atoms with Crippen molar-refractivity contribution >= 4 is 5.97 Å². The molecule has 3 nitrogen and oxygen atoms in total. The Morgan fingerprint density at radius 1 is 1.89 bits per heavy atom. The standard InChI is InChI=1S/C5H10FNO2/c1-5(7,2-3-6)4(8)9/h2-3,7H2,1H3,(H,8,9). The Hall–Kier alpha value is -0.640. The molecule has 4 heteroatoms. The van der Waals surface area contributed by atoms with Gasteiger partial charge < -0.3 is 10.8 Å². The highest BCUT2D eigenvalue weighted by Gasteiger charge is 2.26. The molecular weight excluding hydrogens is 125 g/mol. The van der Waals surface area contributed by atoms with Crippen molar-refractivity contribution in [2.75, 3.05) is 6.67 Å². The summed E-state index contributed by atoms with van der Waals surface area (Å²) in [6, 6.07) is 0. The van der Waals surface area contributed by atoms with E-state index in [1.165, 1.54) is 6.92 Å². The molecule has 0 aromatic heterocycles. The Bertz CT molecular complexity index is 114. The minimum atomic E-state index is -1.41. The first kappa shape index (κ1) is 8.36. The van der Waals surface area contributed by atoms with E-state index in [0.29, 0.717) is 0 Å². The van der Waals surface area contributed by atoms with Gasteiger partial charge in [0.05, 0.1) is 6.67 Å². The van der Waals surface area contributed by atoms with Gasteiger partial charge in [0.2, 0.25) is 0 Å². The quantitative estimate of drug-likeness (QED) is 0.578. The van der Waals surface area contributed by atoms with Gasteiger partial charge in [0.15, 0.2) is 0 Å². The Labute approximate surface area is 52.7 Å². The molecule has 0 fully saturated rings. The second-order valence-electron chi connectivity index (χ2n) is 2.16. The number of halogens is 1. The number of hydrogen-bond acceptors (Lipinski definition) is 2. The zero-order chi connectivity index (χ0) is 7.49. The summed E-state index contributed by atoms with van der Waals surface area (Å²) in [5.41, 5.74) is 3.72. The van der Waals surface area contributed by atoms with Crippen LogP contribution in [-0.4, -0.2) is 23.3 Å². The molecule has 0 aliphatic carbocycles. The Balaban J connectivity index is 3.85. The van der Waals surface area contributed by atoms with Crippen LogP contribution in [0.25, 0.3) is 0 Å². The van der Waals surface area contributed by atoms with Gasteiger partial charge in [-0.3, -0.25) is 9.18 Å². The van der Waals surface area contributed by atoms with Crippen LogP contribution in [0.15, 0.2) is 0 Å². The first-order valence-corrected chi connectivity index (χ1v) is 2.59. The average Bonchev–Trinajstić information content (AvgIpc) is 1.65. The molecule has 0 radical (unpaired) electrons. The summed E-state index contributed by atoms with van der Waals surface area (Å²) in [5, 5.41) is 8.28. The molecular formula is C5H10FNO2. The molecule has 3 N–H and O–H groups in total. The van der Waals surface area contributed by atoms with Crippen LogP contribution in [0.5, 0.6) is 0 Å². The lowest BCUT2D eigenvalue weighted by molar-refractivity contribution is -0.143. The molecule has 1 unspecified atom stereocenters. The molecule has 0 amide bonds. The minimum Gasteiger partial charge on any atom is -0.480 e. The molecule has 0 aromatic rings. The van der Waals surface area contributed by atoms with Gasteiger partial charge in [-0.2, -0.15) is 0 Å². The second kappa shape index (κ2) is 2.77. The number of alkyl halides is 1. The topological polar surface area (TPSA) is 63.3 Å². The molecule has 0 spiro atoms. The van der Waals surface area contributed by atoms with E-state index in [-0.39, 0.29) is 6.42 Å². The number of carboxylic acid groups (broad SMARTS) is 1. The number of aliphatic carboxylic acids is 1. The maximum Gasteiger partial charge on any atom is 0.323 e. The lowest BCUT2D eigenvalue weighted by Gasteiger charge is -2.15. The van der Waals surface area contributed by atoms with Gasteiger partial charge in [-0.25, -0.2) is 0 Å². The maximum atomic E-state index is 11.5. The van der Waals surface area contributed by atoms with Gasteiger partial charge in [-0.05, 0) is 6.92 Å². The van der Waals surface area contributed by atoms with Crippen molar-refractivity contribution in [3.05, 3.63) is 0 Å². The van der Waals surface area contributed by atoms with E-state index in [1.807, 2.05) is 0 Å². The van der Waals surface area contributed by atoms with Crippen molar-refractivity contribution in [2.45, 2.75) is 18.9 Å². The van der Waals surface area contributed by atoms with E-state index in [9.17, 15) is 9.18 Å². The average molecular weight is 135 g/mol. The summed E-state index contributed by atoms with van der Waals surface area (Å²) in [6.45, 7) is 0.591. The summed E-state index contributed by atoms with van der Waals surface area (Å²) in [5.74, 6) is -1.17. The predicted molar refractivity (Wildman–Crippen MR) is 30.8 cm³/mol. The normalized spacial score (nSPS) is 16.8. The van der Waals surface area contributed by atoms with Crippen LogP contribution in [0, 0.1) is 0 Å². The summed E-state index contributed by atoms with van der Waals surface area (Å²) < 4.78 is 11.5. The van der Waals surface area contributed by atoms with Crippen LogP contribution in [0.4, 0.5) is 4.39 Å².